The van der Waals surface area contributed by atoms with Gasteiger partial charge in [-0.25, -0.2) is 0 Å². The van der Waals surface area contributed by atoms with E-state index in [0.717, 1.165) is 12.1 Å². The van der Waals surface area contributed by atoms with Crippen molar-refractivity contribution in [2.75, 3.05) is 0 Å². The van der Waals surface area contributed by atoms with Crippen molar-refractivity contribution in [3.63, 3.8) is 0 Å². The fourth-order valence-electron chi connectivity index (χ4n) is 0.577. The van der Waals surface area contributed by atoms with Crippen molar-refractivity contribution in [3.05, 3.63) is 11.8 Å². The highest BCUT2D eigenvalue weighted by molar-refractivity contribution is 6.53. The molecule has 0 aromatic heterocycles. The van der Waals surface area contributed by atoms with E-state index in [1.54, 1.807) is 0 Å². The fourth-order valence-corrected chi connectivity index (χ4v) is 0.687. The van der Waals surface area contributed by atoms with Crippen LogP contribution >= 0.6 is 23.2 Å². The van der Waals surface area contributed by atoms with E-state index in [0.29, 0.717) is 0 Å². The first-order valence-corrected chi connectivity index (χ1v) is 4.23. The lowest BCUT2D eigenvalue weighted by molar-refractivity contribution is -0.118. The molecule has 1 N–H and O–H groups in total. The molecule has 0 heterocycles. The third kappa shape index (κ3) is 4.27. The molecule has 0 aliphatic carbocycles. The lowest BCUT2D eigenvalue weighted by atomic mass is 10.3. The summed E-state index contributed by atoms with van der Waals surface area (Å²) in [6, 6.07) is 0. The Hall–Kier alpha value is -0.210. The number of carbonyl (C=O) groups excluding carboxylic acids is 1. The molecule has 0 saturated carbocycles. The Morgan fingerprint density at radius 3 is 2.45 bits per heavy atom. The van der Waals surface area contributed by atoms with Gasteiger partial charge in [0, 0.05) is 5.70 Å². The highest BCUT2D eigenvalue weighted by Crippen LogP contribution is 2.03. The van der Waals surface area contributed by atoms with E-state index in [9.17, 15) is 4.79 Å². The molecule has 0 atom stereocenters. The number of carbonyl (C=O) groups is 1. The molecule has 0 aromatic rings. The number of amides is 1. The van der Waals surface area contributed by atoms with Crippen molar-refractivity contribution in [1.82, 2.24) is 5.32 Å². The summed E-state index contributed by atoms with van der Waals surface area (Å²) in [5.74, 6) is -0.372. The SMILES string of the molecule is C/C=C(/CC)NC(=O)C(Cl)Cl. The smallest absolute Gasteiger partial charge is 0.257 e. The van der Waals surface area contributed by atoms with Crippen molar-refractivity contribution in [1.29, 1.82) is 0 Å². The van der Waals surface area contributed by atoms with E-state index in [-0.39, 0.29) is 5.91 Å². The quantitative estimate of drug-likeness (QED) is 0.689. The summed E-state index contributed by atoms with van der Waals surface area (Å²) in [7, 11) is 0. The second-order valence-electron chi connectivity index (χ2n) is 1.96. The molecule has 4 heteroatoms. The molecule has 0 aliphatic rings. The van der Waals surface area contributed by atoms with Crippen LogP contribution in [0.1, 0.15) is 20.3 Å². The van der Waals surface area contributed by atoms with Crippen molar-refractivity contribution in [2.45, 2.75) is 25.1 Å². The maximum absolute atomic E-state index is 10.9. The van der Waals surface area contributed by atoms with Gasteiger partial charge in [0.15, 0.2) is 4.84 Å². The lowest BCUT2D eigenvalue weighted by Crippen LogP contribution is -2.27. The van der Waals surface area contributed by atoms with E-state index in [4.69, 9.17) is 23.2 Å². The highest BCUT2D eigenvalue weighted by atomic mass is 35.5. The van der Waals surface area contributed by atoms with E-state index in [1.807, 2.05) is 19.9 Å². The second-order valence-corrected chi connectivity index (χ2v) is 3.05. The van der Waals surface area contributed by atoms with Crippen LogP contribution in [0.3, 0.4) is 0 Å². The van der Waals surface area contributed by atoms with E-state index in [1.165, 1.54) is 0 Å². The van der Waals surface area contributed by atoms with Gasteiger partial charge in [-0.05, 0) is 13.3 Å². The maximum Gasteiger partial charge on any atom is 0.257 e. The molecule has 2 nitrogen and oxygen atoms in total. The van der Waals surface area contributed by atoms with Crippen LogP contribution in [0.2, 0.25) is 0 Å². The summed E-state index contributed by atoms with van der Waals surface area (Å²) >= 11 is 10.6. The molecule has 0 fully saturated rings. The van der Waals surface area contributed by atoms with Gasteiger partial charge >= 0.3 is 0 Å². The summed E-state index contributed by atoms with van der Waals surface area (Å²) in [5.41, 5.74) is 0.835. The minimum atomic E-state index is -0.989. The normalized spacial score (nSPS) is 11.9. The van der Waals surface area contributed by atoms with Crippen molar-refractivity contribution in [3.8, 4) is 0 Å². The molecule has 0 unspecified atom stereocenters. The Morgan fingerprint density at radius 2 is 2.18 bits per heavy atom. The van der Waals surface area contributed by atoms with E-state index in [2.05, 4.69) is 5.32 Å². The Morgan fingerprint density at radius 1 is 1.64 bits per heavy atom. The van der Waals surface area contributed by atoms with Gasteiger partial charge in [0.1, 0.15) is 0 Å². The predicted octanol–water partition coefficient (Wildman–Crippen LogP) is 2.22. The van der Waals surface area contributed by atoms with Crippen LogP contribution in [-0.2, 0) is 4.79 Å². The summed E-state index contributed by atoms with van der Waals surface area (Å²) < 4.78 is 0. The molecule has 0 aromatic carbocycles. The third-order valence-corrected chi connectivity index (χ3v) is 1.61. The lowest BCUT2D eigenvalue weighted by Gasteiger charge is -2.06. The van der Waals surface area contributed by atoms with Gasteiger partial charge in [-0.3, -0.25) is 4.79 Å². The molecule has 64 valence electrons. The molecular weight excluding hydrogens is 185 g/mol. The Labute approximate surface area is 76.6 Å². The van der Waals surface area contributed by atoms with Crippen LogP contribution in [0.5, 0.6) is 0 Å². The summed E-state index contributed by atoms with van der Waals surface area (Å²) in [5, 5.41) is 2.57. The minimum Gasteiger partial charge on any atom is -0.328 e. The number of nitrogens with one attached hydrogen (secondary N) is 1. The molecule has 11 heavy (non-hydrogen) atoms. The third-order valence-electron chi connectivity index (χ3n) is 1.21. The van der Waals surface area contributed by atoms with Gasteiger partial charge in [-0.2, -0.15) is 0 Å². The van der Waals surface area contributed by atoms with Crippen LogP contribution in [0.15, 0.2) is 11.8 Å². The Balaban J connectivity index is 3.93. The molecule has 0 saturated heterocycles. The van der Waals surface area contributed by atoms with Crippen LogP contribution in [0, 0.1) is 0 Å². The van der Waals surface area contributed by atoms with Crippen molar-refractivity contribution in [2.24, 2.45) is 0 Å². The number of hydrogen-bond acceptors (Lipinski definition) is 1. The molecule has 0 spiro atoms. The van der Waals surface area contributed by atoms with Gasteiger partial charge in [0.05, 0.1) is 0 Å². The van der Waals surface area contributed by atoms with Crippen molar-refractivity contribution >= 4 is 29.1 Å². The van der Waals surface area contributed by atoms with E-state index < -0.39 is 4.84 Å². The second kappa shape index (κ2) is 5.44. The minimum absolute atomic E-state index is 0.372. The standard InChI is InChI=1S/C7H11Cl2NO/c1-3-5(4-2)10-7(11)6(8)9/h3,6H,4H2,1-2H3,(H,10,11)/b5-3-. The fraction of sp³-hybridized carbons (Fsp3) is 0.571. The zero-order valence-corrected chi connectivity index (χ0v) is 8.04. The Kier molecular flexibility index (Phi) is 5.34. The molecule has 0 aliphatic heterocycles. The van der Waals surface area contributed by atoms with Gasteiger partial charge in [-0.15, -0.1) is 0 Å². The van der Waals surface area contributed by atoms with Gasteiger partial charge in [0.25, 0.3) is 5.91 Å². The molecule has 0 radical (unpaired) electrons. The Bertz CT molecular complexity index is 166. The summed E-state index contributed by atoms with van der Waals surface area (Å²) in [6.07, 6.45) is 2.58. The topological polar surface area (TPSA) is 29.1 Å². The van der Waals surface area contributed by atoms with Gasteiger partial charge in [-0.1, -0.05) is 36.2 Å². The molecule has 1 amide bonds. The van der Waals surface area contributed by atoms with Gasteiger partial charge < -0.3 is 5.32 Å². The molecular formula is C7H11Cl2NO. The largest absolute Gasteiger partial charge is 0.328 e. The number of rotatable bonds is 3. The van der Waals surface area contributed by atoms with Crippen LogP contribution < -0.4 is 5.32 Å². The number of alkyl halides is 2. The number of allylic oxidation sites excluding steroid dienone is 2. The summed E-state index contributed by atoms with van der Waals surface area (Å²) in [4.78, 5) is 9.87. The average molecular weight is 196 g/mol. The number of hydrogen-bond donors (Lipinski definition) is 1. The van der Waals surface area contributed by atoms with Crippen LogP contribution in [0.25, 0.3) is 0 Å². The highest BCUT2D eigenvalue weighted by Gasteiger charge is 2.10. The zero-order chi connectivity index (χ0) is 8.85. The average Bonchev–Trinajstić information content (AvgIpc) is 1.99. The van der Waals surface area contributed by atoms with Crippen LogP contribution in [-0.4, -0.2) is 10.7 Å². The van der Waals surface area contributed by atoms with Crippen LogP contribution in [0.4, 0.5) is 0 Å². The first-order chi connectivity index (χ1) is 5.11. The molecule has 0 bridgehead atoms. The predicted molar refractivity (Wildman–Crippen MR) is 47.7 cm³/mol. The first kappa shape index (κ1) is 10.8. The maximum atomic E-state index is 10.9. The zero-order valence-electron chi connectivity index (χ0n) is 6.53. The number of halogens is 2. The van der Waals surface area contributed by atoms with E-state index >= 15 is 0 Å². The first-order valence-electron chi connectivity index (χ1n) is 3.36. The molecule has 0 rings (SSSR count). The monoisotopic (exact) mass is 195 g/mol. The van der Waals surface area contributed by atoms with Crippen molar-refractivity contribution < 1.29 is 4.79 Å². The summed E-state index contributed by atoms with van der Waals surface area (Å²) in [6.45, 7) is 3.78. The van der Waals surface area contributed by atoms with Gasteiger partial charge in [0.2, 0.25) is 0 Å².